The quantitative estimate of drug-likeness (QED) is 0.534. The first-order chi connectivity index (χ1) is 12.5. The summed E-state index contributed by atoms with van der Waals surface area (Å²) < 4.78 is 5.51. The molecule has 0 radical (unpaired) electrons. The van der Waals surface area contributed by atoms with E-state index in [2.05, 4.69) is 27.1 Å². The lowest BCUT2D eigenvalue weighted by molar-refractivity contribution is -0.130. The van der Waals surface area contributed by atoms with Gasteiger partial charge in [-0.25, -0.2) is 9.79 Å². The van der Waals surface area contributed by atoms with Gasteiger partial charge in [0.05, 0.1) is 11.7 Å². The van der Waals surface area contributed by atoms with E-state index in [1.807, 2.05) is 0 Å². The maximum absolute atomic E-state index is 12.5. The molecule has 2 aliphatic rings. The van der Waals surface area contributed by atoms with Crippen LogP contribution in [0.15, 0.2) is 27.3 Å². The zero-order chi connectivity index (χ0) is 18.7. The van der Waals surface area contributed by atoms with Gasteiger partial charge in [0, 0.05) is 24.7 Å². The van der Waals surface area contributed by atoms with Crippen LogP contribution in [0.4, 0.5) is 4.79 Å². The van der Waals surface area contributed by atoms with Gasteiger partial charge in [-0.3, -0.25) is 14.5 Å². The zero-order valence-corrected chi connectivity index (χ0v) is 15.1. The number of urea groups is 1. The summed E-state index contributed by atoms with van der Waals surface area (Å²) in [4.78, 5) is 40.9. The fraction of sp³-hybridized carbons (Fsp3) is 0.500. The Kier molecular flexibility index (Phi) is 5.50. The molecule has 1 aromatic heterocycles. The van der Waals surface area contributed by atoms with Gasteiger partial charge in [0.15, 0.2) is 0 Å². The highest BCUT2D eigenvalue weighted by atomic mass is 32.2. The number of thioether (sulfide) groups is 1. The van der Waals surface area contributed by atoms with E-state index in [0.29, 0.717) is 11.8 Å². The largest absolute Gasteiger partial charge is 0.416 e. The van der Waals surface area contributed by atoms with Crippen LogP contribution < -0.4 is 5.32 Å². The summed E-state index contributed by atoms with van der Waals surface area (Å²) in [5.74, 6) is -0.609. The minimum atomic E-state index is -0.635. The predicted octanol–water partition coefficient (Wildman–Crippen LogP) is 1.21. The standard InChI is InChI=1S/C16H19N5O4S/c1-3-6-21-14(23)11(9(2)17-15(21)24)7-13-19-20-16(25-13)26-8-12(22)18-10-4-5-10/h3,10-11H,1,4-8H2,2H3,(H,18,22). The highest BCUT2D eigenvalue weighted by Crippen LogP contribution is 2.22. The Labute approximate surface area is 154 Å². The van der Waals surface area contributed by atoms with Crippen LogP contribution in [0.3, 0.4) is 0 Å². The fourth-order valence-corrected chi connectivity index (χ4v) is 3.05. The third-order valence-corrected chi connectivity index (χ3v) is 4.80. The summed E-state index contributed by atoms with van der Waals surface area (Å²) in [5.41, 5.74) is 0.413. The van der Waals surface area contributed by atoms with Crippen molar-refractivity contribution in [3.8, 4) is 0 Å². The van der Waals surface area contributed by atoms with Crippen molar-refractivity contribution < 1.29 is 18.8 Å². The van der Waals surface area contributed by atoms with Crippen LogP contribution in [0, 0.1) is 5.92 Å². The number of carbonyl (C=O) groups excluding carboxylic acids is 3. The van der Waals surface area contributed by atoms with Gasteiger partial charge in [0.1, 0.15) is 0 Å². The summed E-state index contributed by atoms with van der Waals surface area (Å²) in [6, 6.07) is -0.283. The van der Waals surface area contributed by atoms with Crippen molar-refractivity contribution in [1.82, 2.24) is 20.4 Å². The highest BCUT2D eigenvalue weighted by molar-refractivity contribution is 7.99. The number of nitrogens with one attached hydrogen (secondary N) is 1. The number of aliphatic imine (C=N–C) groups is 1. The Hall–Kier alpha value is -2.49. The van der Waals surface area contributed by atoms with Crippen LogP contribution >= 0.6 is 11.8 Å². The number of carbonyl (C=O) groups is 3. The van der Waals surface area contributed by atoms with E-state index in [9.17, 15) is 14.4 Å². The van der Waals surface area contributed by atoms with Gasteiger partial charge in [0.2, 0.25) is 17.7 Å². The van der Waals surface area contributed by atoms with E-state index in [4.69, 9.17) is 4.42 Å². The molecule has 26 heavy (non-hydrogen) atoms. The molecule has 4 amide bonds. The molecule has 1 N–H and O–H groups in total. The van der Waals surface area contributed by atoms with Crippen molar-refractivity contribution >= 4 is 35.3 Å². The third kappa shape index (κ3) is 4.37. The Bertz CT molecular complexity index is 770. The topological polar surface area (TPSA) is 118 Å². The number of hydrogen-bond acceptors (Lipinski definition) is 7. The monoisotopic (exact) mass is 377 g/mol. The molecule has 2 heterocycles. The number of hydrogen-bond donors (Lipinski definition) is 1. The van der Waals surface area contributed by atoms with Crippen molar-refractivity contribution in [2.45, 2.75) is 37.5 Å². The molecule has 1 atom stereocenters. The summed E-state index contributed by atoms with van der Waals surface area (Å²) in [6.07, 6.45) is 3.68. The number of amides is 4. The van der Waals surface area contributed by atoms with Gasteiger partial charge >= 0.3 is 6.03 Å². The van der Waals surface area contributed by atoms with Crippen LogP contribution in [0.5, 0.6) is 0 Å². The molecule has 0 spiro atoms. The fourth-order valence-electron chi connectivity index (χ4n) is 2.46. The van der Waals surface area contributed by atoms with E-state index in [0.717, 1.165) is 29.5 Å². The van der Waals surface area contributed by atoms with Crippen LogP contribution in [0.2, 0.25) is 0 Å². The molecule has 1 fully saturated rings. The van der Waals surface area contributed by atoms with Gasteiger partial charge in [-0.2, -0.15) is 0 Å². The lowest BCUT2D eigenvalue weighted by Crippen LogP contribution is -2.46. The minimum Gasteiger partial charge on any atom is -0.416 e. The van der Waals surface area contributed by atoms with Crippen molar-refractivity contribution in [2.75, 3.05) is 12.3 Å². The first-order valence-electron chi connectivity index (χ1n) is 8.24. The molecule has 0 saturated heterocycles. The molecule has 1 saturated carbocycles. The van der Waals surface area contributed by atoms with E-state index >= 15 is 0 Å². The van der Waals surface area contributed by atoms with Crippen LogP contribution in [0.25, 0.3) is 0 Å². The van der Waals surface area contributed by atoms with Gasteiger partial charge in [-0.15, -0.1) is 16.8 Å². The van der Waals surface area contributed by atoms with Gasteiger partial charge in [-0.05, 0) is 19.8 Å². The molecular weight excluding hydrogens is 358 g/mol. The Morgan fingerprint density at radius 1 is 1.42 bits per heavy atom. The Morgan fingerprint density at radius 3 is 2.88 bits per heavy atom. The van der Waals surface area contributed by atoms with Crippen LogP contribution in [-0.4, -0.2) is 57.0 Å². The summed E-state index contributed by atoms with van der Waals surface area (Å²) in [7, 11) is 0. The summed E-state index contributed by atoms with van der Waals surface area (Å²) in [6.45, 7) is 5.27. The Morgan fingerprint density at radius 2 is 2.19 bits per heavy atom. The van der Waals surface area contributed by atoms with Gasteiger partial charge in [-0.1, -0.05) is 17.8 Å². The smallest absolute Gasteiger partial charge is 0.350 e. The molecular formula is C16H19N5O4S. The lowest BCUT2D eigenvalue weighted by atomic mass is 9.97. The molecule has 0 aromatic carbocycles. The van der Waals surface area contributed by atoms with Crippen molar-refractivity contribution in [1.29, 1.82) is 0 Å². The number of imide groups is 1. The zero-order valence-electron chi connectivity index (χ0n) is 14.3. The molecule has 1 unspecified atom stereocenters. The maximum Gasteiger partial charge on any atom is 0.350 e. The van der Waals surface area contributed by atoms with Crippen molar-refractivity contribution in [3.63, 3.8) is 0 Å². The van der Waals surface area contributed by atoms with Crippen LogP contribution in [0.1, 0.15) is 25.7 Å². The second kappa shape index (κ2) is 7.81. The average Bonchev–Trinajstić information content (AvgIpc) is 3.29. The number of rotatable bonds is 8. The van der Waals surface area contributed by atoms with E-state index in [1.165, 1.54) is 6.08 Å². The van der Waals surface area contributed by atoms with Crippen LogP contribution in [-0.2, 0) is 16.0 Å². The van der Waals surface area contributed by atoms with E-state index in [-0.39, 0.29) is 41.6 Å². The summed E-state index contributed by atoms with van der Waals surface area (Å²) in [5, 5.41) is 10.9. The molecule has 138 valence electrons. The molecule has 1 aliphatic heterocycles. The van der Waals surface area contributed by atoms with Gasteiger partial charge < -0.3 is 9.73 Å². The normalized spacial score (nSPS) is 20.1. The molecule has 10 heteroatoms. The molecule has 0 bridgehead atoms. The Balaban J connectivity index is 1.59. The minimum absolute atomic E-state index is 0.0683. The van der Waals surface area contributed by atoms with E-state index in [1.54, 1.807) is 6.92 Å². The predicted molar refractivity (Wildman–Crippen MR) is 93.8 cm³/mol. The number of aromatic nitrogens is 2. The van der Waals surface area contributed by atoms with Gasteiger partial charge in [0.25, 0.3) is 5.22 Å². The second-order valence-electron chi connectivity index (χ2n) is 6.12. The lowest BCUT2D eigenvalue weighted by Gasteiger charge is -2.27. The SMILES string of the molecule is C=CCN1C(=O)N=C(C)C(Cc2nnc(SCC(=O)NC3CC3)o2)C1=O. The summed E-state index contributed by atoms with van der Waals surface area (Å²) >= 11 is 1.15. The molecule has 3 rings (SSSR count). The molecule has 1 aliphatic carbocycles. The number of nitrogens with zero attached hydrogens (tertiary/aromatic N) is 4. The molecule has 1 aromatic rings. The maximum atomic E-state index is 12.5. The van der Waals surface area contributed by atoms with Crippen molar-refractivity contribution in [2.24, 2.45) is 10.9 Å². The first kappa shape index (κ1) is 18.3. The second-order valence-corrected chi connectivity index (χ2v) is 7.05. The van der Waals surface area contributed by atoms with Crippen molar-refractivity contribution in [3.05, 3.63) is 18.5 Å². The average molecular weight is 377 g/mol. The first-order valence-corrected chi connectivity index (χ1v) is 9.22. The highest BCUT2D eigenvalue weighted by Gasteiger charge is 2.36. The van der Waals surface area contributed by atoms with E-state index < -0.39 is 11.9 Å². The molecule has 9 nitrogen and oxygen atoms in total. The third-order valence-electron chi connectivity index (χ3n) is 3.98.